The number of benzene rings is 1. The molecule has 0 radical (unpaired) electrons. The van der Waals surface area contributed by atoms with E-state index in [-0.39, 0.29) is 5.91 Å². The lowest BCUT2D eigenvalue weighted by Gasteiger charge is -2.12. The molecule has 1 amide bonds. The van der Waals surface area contributed by atoms with Gasteiger partial charge in [-0.3, -0.25) is 4.79 Å². The lowest BCUT2D eigenvalue weighted by molar-refractivity contribution is -0.116. The Morgan fingerprint density at radius 1 is 1.34 bits per heavy atom. The van der Waals surface area contributed by atoms with E-state index in [1.165, 1.54) is 17.4 Å². The summed E-state index contributed by atoms with van der Waals surface area (Å²) in [7, 11) is 0. The van der Waals surface area contributed by atoms with Crippen molar-refractivity contribution in [3.8, 4) is 6.07 Å². The first-order valence-corrected chi connectivity index (χ1v) is 10.0. The summed E-state index contributed by atoms with van der Waals surface area (Å²) >= 11 is 1.48. The smallest absolute Gasteiger partial charge is 0.244 e. The summed E-state index contributed by atoms with van der Waals surface area (Å²) in [6, 6.07) is 10.2. The fraction of sp³-hybridized carbons (Fsp3) is 0.136. The predicted octanol–water partition coefficient (Wildman–Crippen LogP) is 4.85. The summed E-state index contributed by atoms with van der Waals surface area (Å²) < 4.78 is 0. The number of carbonyl (C=O) groups excluding carboxylic acids is 1. The number of aryl methyl sites for hydroxylation is 1. The molecule has 0 saturated carbocycles. The normalized spacial score (nSPS) is 11.2. The topological polar surface area (TPSA) is 93.6 Å². The van der Waals surface area contributed by atoms with Crippen molar-refractivity contribution in [1.82, 2.24) is 15.3 Å². The number of fused-ring (bicyclic) bond motifs is 2. The van der Waals surface area contributed by atoms with Gasteiger partial charge in [-0.25, -0.2) is 4.98 Å². The molecule has 29 heavy (non-hydrogen) atoms. The number of aromatic nitrogens is 2. The Bertz CT molecular complexity index is 1290. The lowest BCUT2D eigenvalue weighted by atomic mass is 10.1. The highest BCUT2D eigenvalue weighted by Crippen LogP contribution is 2.36. The zero-order chi connectivity index (χ0) is 20.4. The minimum atomic E-state index is -0.135. The molecule has 6 nitrogen and oxygen atoms in total. The van der Waals surface area contributed by atoms with Crippen LogP contribution in [0.25, 0.3) is 27.2 Å². The summed E-state index contributed by atoms with van der Waals surface area (Å²) in [5.41, 5.74) is 4.31. The van der Waals surface area contributed by atoms with Crippen LogP contribution in [-0.4, -0.2) is 22.4 Å². The van der Waals surface area contributed by atoms with Gasteiger partial charge >= 0.3 is 0 Å². The van der Waals surface area contributed by atoms with Crippen LogP contribution in [-0.2, 0) is 4.79 Å². The SMILES string of the molecule is CCNC(=O)/C=C/c1cc2c(Nc3ccc4[nH]ccc4c3C)c(C#N)cnc2s1. The number of thiophene rings is 1. The molecular weight excluding hydrogens is 382 g/mol. The first kappa shape index (κ1) is 18.7. The third kappa shape index (κ3) is 3.58. The van der Waals surface area contributed by atoms with E-state index in [1.54, 1.807) is 12.3 Å². The first-order chi connectivity index (χ1) is 14.1. The van der Waals surface area contributed by atoms with Crippen LogP contribution >= 0.6 is 11.3 Å². The fourth-order valence-electron chi connectivity index (χ4n) is 3.25. The van der Waals surface area contributed by atoms with Gasteiger partial charge in [0, 0.05) is 51.9 Å². The number of rotatable bonds is 5. The van der Waals surface area contributed by atoms with E-state index in [9.17, 15) is 10.1 Å². The second-order valence-electron chi connectivity index (χ2n) is 6.56. The van der Waals surface area contributed by atoms with Crippen LogP contribution in [0.2, 0.25) is 0 Å². The highest BCUT2D eigenvalue weighted by atomic mass is 32.1. The van der Waals surface area contributed by atoms with Crippen LogP contribution in [0.15, 0.2) is 42.7 Å². The van der Waals surface area contributed by atoms with Gasteiger partial charge in [0.05, 0.1) is 11.3 Å². The molecule has 3 N–H and O–H groups in total. The minimum absolute atomic E-state index is 0.135. The molecule has 144 valence electrons. The number of nitrogens with one attached hydrogen (secondary N) is 3. The van der Waals surface area contributed by atoms with Crippen LogP contribution < -0.4 is 10.6 Å². The Morgan fingerprint density at radius 2 is 2.21 bits per heavy atom. The molecule has 0 fully saturated rings. The van der Waals surface area contributed by atoms with Gasteiger partial charge < -0.3 is 15.6 Å². The van der Waals surface area contributed by atoms with E-state index in [1.807, 2.05) is 37.4 Å². The number of aromatic amines is 1. The van der Waals surface area contributed by atoms with Crippen molar-refractivity contribution >= 4 is 55.8 Å². The zero-order valence-electron chi connectivity index (χ0n) is 16.0. The van der Waals surface area contributed by atoms with Crippen molar-refractivity contribution in [2.45, 2.75) is 13.8 Å². The number of likely N-dealkylation sites (N-methyl/N-ethyl adjacent to an activating group) is 1. The number of H-pyrrole nitrogens is 1. The van der Waals surface area contributed by atoms with E-state index >= 15 is 0 Å². The van der Waals surface area contributed by atoms with Gasteiger partial charge in [0.15, 0.2) is 0 Å². The second-order valence-corrected chi connectivity index (χ2v) is 7.62. The number of pyridine rings is 1. The maximum Gasteiger partial charge on any atom is 0.244 e. The van der Waals surface area contributed by atoms with Gasteiger partial charge in [0.2, 0.25) is 5.91 Å². The molecule has 7 heteroatoms. The average molecular weight is 401 g/mol. The summed E-state index contributed by atoms with van der Waals surface area (Å²) in [5, 5.41) is 17.8. The molecule has 3 aromatic heterocycles. The number of anilines is 2. The van der Waals surface area contributed by atoms with Crippen LogP contribution in [0.1, 0.15) is 22.9 Å². The molecule has 1 aromatic carbocycles. The van der Waals surface area contributed by atoms with Gasteiger partial charge in [0.25, 0.3) is 0 Å². The molecule has 0 bridgehead atoms. The van der Waals surface area contributed by atoms with Crippen LogP contribution in [0, 0.1) is 18.3 Å². The van der Waals surface area contributed by atoms with Crippen molar-refractivity contribution in [3.05, 3.63) is 58.7 Å². The molecule has 3 heterocycles. The van der Waals surface area contributed by atoms with Gasteiger partial charge in [-0.05, 0) is 49.8 Å². The summed E-state index contributed by atoms with van der Waals surface area (Å²) in [6.45, 7) is 4.52. The molecule has 0 aliphatic rings. The quantitative estimate of drug-likeness (QED) is 0.417. The molecule has 0 atom stereocenters. The maximum absolute atomic E-state index is 11.7. The number of hydrogen-bond acceptors (Lipinski definition) is 5. The van der Waals surface area contributed by atoms with Gasteiger partial charge in [-0.15, -0.1) is 11.3 Å². The Morgan fingerprint density at radius 3 is 3.00 bits per heavy atom. The lowest BCUT2D eigenvalue weighted by Crippen LogP contribution is -2.19. The van der Waals surface area contributed by atoms with Crippen molar-refractivity contribution in [2.24, 2.45) is 0 Å². The summed E-state index contributed by atoms with van der Waals surface area (Å²) in [4.78, 5) is 21.0. The Labute approximate surface area is 171 Å². The molecule has 0 aliphatic heterocycles. The largest absolute Gasteiger partial charge is 0.361 e. The number of nitriles is 1. The summed E-state index contributed by atoms with van der Waals surface area (Å²) in [6.07, 6.45) is 6.78. The number of amides is 1. The molecule has 0 saturated heterocycles. The molecule has 4 rings (SSSR count). The number of carbonyl (C=O) groups is 1. The van der Waals surface area contributed by atoms with Crippen LogP contribution in [0.3, 0.4) is 0 Å². The fourth-order valence-corrected chi connectivity index (χ4v) is 4.17. The molecule has 0 aliphatic carbocycles. The predicted molar refractivity (Wildman–Crippen MR) is 118 cm³/mol. The monoisotopic (exact) mass is 401 g/mol. The Kier molecular flexibility index (Phi) is 5.02. The third-order valence-corrected chi connectivity index (χ3v) is 5.72. The van der Waals surface area contributed by atoms with Gasteiger partial charge in [-0.2, -0.15) is 5.26 Å². The van der Waals surface area contributed by atoms with Gasteiger partial charge in [-0.1, -0.05) is 0 Å². The Balaban J connectivity index is 1.76. The standard InChI is InChI=1S/C22H19N5OS/c1-3-24-20(28)7-4-15-10-17-21(14(11-23)12-26-22(17)29-15)27-18-5-6-19-16(13(18)2)8-9-25-19/h4-10,12,25H,3H2,1-2H3,(H,24,28)(H,26,27)/b7-4+. The molecule has 0 unspecified atom stereocenters. The summed E-state index contributed by atoms with van der Waals surface area (Å²) in [5.74, 6) is -0.135. The van der Waals surface area contributed by atoms with Crippen LogP contribution in [0.5, 0.6) is 0 Å². The zero-order valence-corrected chi connectivity index (χ0v) is 16.9. The highest BCUT2D eigenvalue weighted by Gasteiger charge is 2.14. The molecule has 0 spiro atoms. The minimum Gasteiger partial charge on any atom is -0.361 e. The highest BCUT2D eigenvalue weighted by molar-refractivity contribution is 7.19. The average Bonchev–Trinajstić information content (AvgIpc) is 3.36. The van der Waals surface area contributed by atoms with E-state index in [2.05, 4.69) is 33.6 Å². The van der Waals surface area contributed by atoms with E-state index in [4.69, 9.17) is 0 Å². The van der Waals surface area contributed by atoms with Crippen LogP contribution in [0.4, 0.5) is 11.4 Å². The van der Waals surface area contributed by atoms with Crippen molar-refractivity contribution < 1.29 is 4.79 Å². The van der Waals surface area contributed by atoms with Crippen molar-refractivity contribution in [2.75, 3.05) is 11.9 Å². The van der Waals surface area contributed by atoms with Crippen molar-refractivity contribution in [3.63, 3.8) is 0 Å². The van der Waals surface area contributed by atoms with E-state index < -0.39 is 0 Å². The van der Waals surface area contributed by atoms with Crippen molar-refractivity contribution in [1.29, 1.82) is 5.26 Å². The molecular formula is C22H19N5OS. The second kappa shape index (κ2) is 7.78. The van der Waals surface area contributed by atoms with Gasteiger partial charge in [0.1, 0.15) is 10.9 Å². The third-order valence-electron chi connectivity index (χ3n) is 4.71. The van der Waals surface area contributed by atoms with E-state index in [0.29, 0.717) is 12.1 Å². The maximum atomic E-state index is 11.7. The van der Waals surface area contributed by atoms with E-state index in [0.717, 1.165) is 42.9 Å². The first-order valence-electron chi connectivity index (χ1n) is 9.23. The number of nitrogens with zero attached hydrogens (tertiary/aromatic N) is 2. The number of hydrogen-bond donors (Lipinski definition) is 3. The molecule has 4 aromatic rings. The Hall–Kier alpha value is -3.63.